The summed E-state index contributed by atoms with van der Waals surface area (Å²) in [6.45, 7) is 5.20. The molecule has 1 fully saturated rings. The minimum atomic E-state index is -3.46. The van der Waals surface area contributed by atoms with E-state index in [0.717, 1.165) is 6.26 Å². The highest BCUT2D eigenvalue weighted by Crippen LogP contribution is 2.25. The maximum absolute atomic E-state index is 12.2. The van der Waals surface area contributed by atoms with Crippen molar-refractivity contribution in [2.45, 2.75) is 44.0 Å². The number of β-amino-alcohol motifs (C(OH)–C–C–N with tert-alkyl or cyclic N) is 1. The molecule has 0 aliphatic carbocycles. The molecule has 0 bridgehead atoms. The molecule has 17 heavy (non-hydrogen) atoms. The first-order valence-electron chi connectivity index (χ1n) is 5.69. The molecule has 1 aliphatic heterocycles. The molecule has 0 aromatic carbocycles. The summed E-state index contributed by atoms with van der Waals surface area (Å²) in [4.78, 5) is 13.6. The van der Waals surface area contributed by atoms with Crippen molar-refractivity contribution in [1.82, 2.24) is 4.90 Å². The first-order chi connectivity index (χ1) is 7.47. The second-order valence-corrected chi connectivity index (χ2v) is 8.17. The van der Waals surface area contributed by atoms with Crippen LogP contribution < -0.4 is 0 Å². The van der Waals surface area contributed by atoms with Crippen LogP contribution >= 0.6 is 0 Å². The van der Waals surface area contributed by atoms with Gasteiger partial charge < -0.3 is 10.0 Å². The van der Waals surface area contributed by atoms with Crippen molar-refractivity contribution < 1.29 is 18.3 Å². The molecule has 1 amide bonds. The van der Waals surface area contributed by atoms with Crippen LogP contribution in [-0.4, -0.2) is 54.0 Å². The van der Waals surface area contributed by atoms with E-state index in [2.05, 4.69) is 0 Å². The number of sulfone groups is 1. The van der Waals surface area contributed by atoms with E-state index in [0.29, 0.717) is 19.4 Å². The van der Waals surface area contributed by atoms with Crippen LogP contribution in [0.15, 0.2) is 0 Å². The fourth-order valence-corrected chi connectivity index (χ4v) is 2.38. The maximum atomic E-state index is 12.2. The highest BCUT2D eigenvalue weighted by molar-refractivity contribution is 7.92. The van der Waals surface area contributed by atoms with E-state index in [-0.39, 0.29) is 6.54 Å². The molecule has 0 aromatic heterocycles. The van der Waals surface area contributed by atoms with Gasteiger partial charge in [0, 0.05) is 19.3 Å². The Hall–Kier alpha value is -0.620. The molecule has 0 spiro atoms. The second-order valence-electron chi connectivity index (χ2n) is 5.61. The highest BCUT2D eigenvalue weighted by atomic mass is 32.2. The summed E-state index contributed by atoms with van der Waals surface area (Å²) in [5.41, 5.74) is -0.915. The number of hydrogen-bond acceptors (Lipinski definition) is 4. The fourth-order valence-electron chi connectivity index (χ4n) is 1.93. The Morgan fingerprint density at radius 1 is 1.41 bits per heavy atom. The molecule has 0 saturated carbocycles. The van der Waals surface area contributed by atoms with Crippen LogP contribution in [0.2, 0.25) is 0 Å². The van der Waals surface area contributed by atoms with Crippen LogP contribution in [0.25, 0.3) is 0 Å². The van der Waals surface area contributed by atoms with Gasteiger partial charge in [0.2, 0.25) is 5.91 Å². The Morgan fingerprint density at radius 3 is 2.35 bits per heavy atom. The highest BCUT2D eigenvalue weighted by Gasteiger charge is 2.43. The van der Waals surface area contributed by atoms with Crippen molar-refractivity contribution in [2.75, 3.05) is 19.3 Å². The average Bonchev–Trinajstić information content (AvgIpc) is 2.13. The molecule has 0 aromatic rings. The Balaban J connectivity index is 2.91. The van der Waals surface area contributed by atoms with Crippen molar-refractivity contribution in [1.29, 1.82) is 0 Å². The van der Waals surface area contributed by atoms with Gasteiger partial charge in [-0.25, -0.2) is 8.42 Å². The Kier molecular flexibility index (Phi) is 3.60. The molecule has 1 aliphatic rings. The topological polar surface area (TPSA) is 74.7 Å². The smallest absolute Gasteiger partial charge is 0.243 e. The van der Waals surface area contributed by atoms with Gasteiger partial charge in [-0.15, -0.1) is 0 Å². The van der Waals surface area contributed by atoms with Gasteiger partial charge in [0.05, 0.1) is 5.60 Å². The number of nitrogens with zero attached hydrogens (tertiary/aromatic N) is 1. The quantitative estimate of drug-likeness (QED) is 0.771. The van der Waals surface area contributed by atoms with Crippen LogP contribution in [0.1, 0.15) is 33.6 Å². The van der Waals surface area contributed by atoms with Gasteiger partial charge in [0.15, 0.2) is 9.84 Å². The number of likely N-dealkylation sites (tertiary alicyclic amines) is 1. The second kappa shape index (κ2) is 4.24. The molecule has 1 heterocycles. The summed E-state index contributed by atoms with van der Waals surface area (Å²) < 4.78 is 21.7. The molecular weight excluding hydrogens is 242 g/mol. The lowest BCUT2D eigenvalue weighted by atomic mass is 9.94. The van der Waals surface area contributed by atoms with Gasteiger partial charge >= 0.3 is 0 Å². The minimum absolute atomic E-state index is 0.199. The van der Waals surface area contributed by atoms with E-state index >= 15 is 0 Å². The van der Waals surface area contributed by atoms with Crippen LogP contribution in [0, 0.1) is 0 Å². The molecule has 1 atom stereocenters. The first-order valence-corrected chi connectivity index (χ1v) is 7.58. The third-order valence-corrected chi connectivity index (χ3v) is 5.43. The lowest BCUT2D eigenvalue weighted by molar-refractivity contribution is -0.139. The summed E-state index contributed by atoms with van der Waals surface area (Å²) in [6, 6.07) is 0. The normalized spacial score (nSPS) is 27.0. The molecule has 6 heteroatoms. The molecule has 1 N–H and O–H groups in total. The van der Waals surface area contributed by atoms with Crippen molar-refractivity contribution in [3.8, 4) is 0 Å². The molecule has 100 valence electrons. The van der Waals surface area contributed by atoms with Gasteiger partial charge in [-0.1, -0.05) is 0 Å². The van der Waals surface area contributed by atoms with E-state index in [9.17, 15) is 18.3 Å². The zero-order chi connectivity index (χ0) is 13.5. The number of carbonyl (C=O) groups excluding carboxylic acids is 1. The number of aliphatic hydroxyl groups is 1. The maximum Gasteiger partial charge on any atom is 0.243 e. The van der Waals surface area contributed by atoms with E-state index in [1.165, 1.54) is 18.7 Å². The summed E-state index contributed by atoms with van der Waals surface area (Å²) in [5, 5.41) is 9.92. The van der Waals surface area contributed by atoms with Crippen LogP contribution in [0.3, 0.4) is 0 Å². The molecular formula is C11H21NO4S. The van der Waals surface area contributed by atoms with Crippen LogP contribution in [0.4, 0.5) is 0 Å². The first kappa shape index (κ1) is 14.4. The standard InChI is InChI=1S/C11H21NO4S/c1-10(2,17(4,15)16)9(13)12-7-5-6-11(3,14)8-12/h14H,5-8H2,1-4H3. The number of carbonyl (C=O) groups is 1. The Labute approximate surface area is 103 Å². The molecule has 5 nitrogen and oxygen atoms in total. The van der Waals surface area contributed by atoms with E-state index < -0.39 is 26.1 Å². The van der Waals surface area contributed by atoms with E-state index in [1.54, 1.807) is 6.92 Å². The summed E-state index contributed by atoms with van der Waals surface area (Å²) >= 11 is 0. The minimum Gasteiger partial charge on any atom is -0.388 e. The van der Waals surface area contributed by atoms with Crippen LogP contribution in [0.5, 0.6) is 0 Å². The summed E-state index contributed by atoms with van der Waals surface area (Å²) in [7, 11) is -3.46. The van der Waals surface area contributed by atoms with Gasteiger partial charge in [0.1, 0.15) is 4.75 Å². The number of piperidine rings is 1. The lowest BCUT2D eigenvalue weighted by Crippen LogP contribution is -2.56. The summed E-state index contributed by atoms with van der Waals surface area (Å²) in [5.74, 6) is -0.431. The van der Waals surface area contributed by atoms with Gasteiger partial charge in [-0.2, -0.15) is 0 Å². The number of rotatable bonds is 2. The monoisotopic (exact) mass is 263 g/mol. The average molecular weight is 263 g/mol. The number of amides is 1. The zero-order valence-corrected chi connectivity index (χ0v) is 11.7. The summed E-state index contributed by atoms with van der Waals surface area (Å²) in [6.07, 6.45) is 2.39. The van der Waals surface area contributed by atoms with Crippen molar-refractivity contribution >= 4 is 15.7 Å². The van der Waals surface area contributed by atoms with Gasteiger partial charge in [0.25, 0.3) is 0 Å². The number of hydrogen-bond donors (Lipinski definition) is 1. The molecule has 1 saturated heterocycles. The van der Waals surface area contributed by atoms with Crippen LogP contribution in [-0.2, 0) is 14.6 Å². The van der Waals surface area contributed by atoms with Crippen molar-refractivity contribution in [3.63, 3.8) is 0 Å². The third kappa shape index (κ3) is 2.98. The van der Waals surface area contributed by atoms with E-state index in [1.807, 2.05) is 0 Å². The van der Waals surface area contributed by atoms with Crippen molar-refractivity contribution in [3.05, 3.63) is 0 Å². The van der Waals surface area contributed by atoms with Gasteiger partial charge in [-0.3, -0.25) is 4.79 Å². The van der Waals surface area contributed by atoms with Crippen molar-refractivity contribution in [2.24, 2.45) is 0 Å². The van der Waals surface area contributed by atoms with Gasteiger partial charge in [-0.05, 0) is 33.6 Å². The van der Waals surface area contributed by atoms with E-state index in [4.69, 9.17) is 0 Å². The SMILES string of the molecule is CC1(O)CCCN(C(=O)C(C)(C)S(C)(=O)=O)C1. The largest absolute Gasteiger partial charge is 0.388 e. The third-order valence-electron chi connectivity index (χ3n) is 3.40. The fraction of sp³-hybridized carbons (Fsp3) is 0.909. The Bertz CT molecular complexity index is 411. The molecule has 0 radical (unpaired) electrons. The predicted octanol–water partition coefficient (Wildman–Crippen LogP) is 0.183. The molecule has 1 unspecified atom stereocenters. The predicted molar refractivity (Wildman–Crippen MR) is 65.4 cm³/mol. The lowest BCUT2D eigenvalue weighted by Gasteiger charge is -2.39. The molecule has 1 rings (SSSR count). The Morgan fingerprint density at radius 2 is 1.94 bits per heavy atom. The zero-order valence-electron chi connectivity index (χ0n) is 10.9.